The molecule has 0 radical (unpaired) electrons. The molecule has 0 aromatic carbocycles. The van der Waals surface area contributed by atoms with Crippen LogP contribution < -0.4 is 0 Å². The van der Waals surface area contributed by atoms with Crippen LogP contribution in [0, 0.1) is 17.8 Å². The Morgan fingerprint density at radius 3 is 2.50 bits per heavy atom. The lowest BCUT2D eigenvalue weighted by Crippen LogP contribution is -2.31. The van der Waals surface area contributed by atoms with Gasteiger partial charge in [-0.05, 0) is 31.8 Å². The van der Waals surface area contributed by atoms with Gasteiger partial charge in [0, 0.05) is 6.54 Å². The van der Waals surface area contributed by atoms with Crippen molar-refractivity contribution in [1.82, 2.24) is 4.90 Å². The summed E-state index contributed by atoms with van der Waals surface area (Å²) in [6.45, 7) is 6.32. The van der Waals surface area contributed by atoms with E-state index in [9.17, 15) is 4.79 Å². The predicted octanol–water partition coefficient (Wildman–Crippen LogP) is 1.38. The van der Waals surface area contributed by atoms with Crippen LogP contribution in [-0.4, -0.2) is 38.1 Å². The van der Waals surface area contributed by atoms with Crippen molar-refractivity contribution in [3.05, 3.63) is 0 Å². The maximum atomic E-state index is 11.6. The summed E-state index contributed by atoms with van der Waals surface area (Å²) in [6, 6.07) is 0. The molecule has 1 aliphatic heterocycles. The van der Waals surface area contributed by atoms with E-state index in [1.54, 1.807) is 0 Å². The lowest BCUT2D eigenvalue weighted by molar-refractivity contribution is -0.149. The SMILES string of the molecule is COC(=O)C(C(C)C)C1CCN(C)C1. The maximum Gasteiger partial charge on any atom is 0.309 e. The molecule has 0 N–H and O–H groups in total. The largest absolute Gasteiger partial charge is 0.469 e. The van der Waals surface area contributed by atoms with E-state index >= 15 is 0 Å². The summed E-state index contributed by atoms with van der Waals surface area (Å²) in [6.07, 6.45) is 1.12. The number of nitrogens with zero attached hydrogens (tertiary/aromatic N) is 1. The number of hydrogen-bond acceptors (Lipinski definition) is 3. The molecule has 3 heteroatoms. The number of hydrogen-bond donors (Lipinski definition) is 0. The molecule has 14 heavy (non-hydrogen) atoms. The first-order valence-corrected chi connectivity index (χ1v) is 5.32. The van der Waals surface area contributed by atoms with Crippen molar-refractivity contribution in [3.8, 4) is 0 Å². The summed E-state index contributed by atoms with van der Waals surface area (Å²) < 4.78 is 4.86. The van der Waals surface area contributed by atoms with Crippen LogP contribution in [0.25, 0.3) is 0 Å². The van der Waals surface area contributed by atoms with Crippen LogP contribution in [0.15, 0.2) is 0 Å². The lowest BCUT2D eigenvalue weighted by atomic mass is 9.83. The first kappa shape index (κ1) is 11.5. The Morgan fingerprint density at radius 2 is 2.14 bits per heavy atom. The van der Waals surface area contributed by atoms with Crippen molar-refractivity contribution in [2.24, 2.45) is 17.8 Å². The molecule has 0 bridgehead atoms. The molecular weight excluding hydrogens is 178 g/mol. The predicted molar refractivity (Wildman–Crippen MR) is 55.9 cm³/mol. The molecule has 2 unspecified atom stereocenters. The van der Waals surface area contributed by atoms with Crippen molar-refractivity contribution in [2.45, 2.75) is 20.3 Å². The van der Waals surface area contributed by atoms with Gasteiger partial charge in [0.05, 0.1) is 13.0 Å². The van der Waals surface area contributed by atoms with Crippen LogP contribution in [-0.2, 0) is 9.53 Å². The Morgan fingerprint density at radius 1 is 1.50 bits per heavy atom. The highest BCUT2D eigenvalue weighted by Gasteiger charge is 2.35. The number of ether oxygens (including phenoxy) is 1. The molecule has 0 aromatic heterocycles. The molecule has 1 aliphatic rings. The highest BCUT2D eigenvalue weighted by atomic mass is 16.5. The topological polar surface area (TPSA) is 29.5 Å². The third-order valence-corrected chi connectivity index (χ3v) is 3.13. The van der Waals surface area contributed by atoms with E-state index in [0.29, 0.717) is 11.8 Å². The van der Waals surface area contributed by atoms with Crippen LogP contribution in [0.5, 0.6) is 0 Å². The highest BCUT2D eigenvalue weighted by molar-refractivity contribution is 5.73. The van der Waals surface area contributed by atoms with Gasteiger partial charge < -0.3 is 9.64 Å². The fourth-order valence-corrected chi connectivity index (χ4v) is 2.41. The second-order valence-corrected chi connectivity index (χ2v) is 4.60. The zero-order chi connectivity index (χ0) is 10.7. The van der Waals surface area contributed by atoms with Crippen LogP contribution in [0.3, 0.4) is 0 Å². The van der Waals surface area contributed by atoms with Crippen molar-refractivity contribution < 1.29 is 9.53 Å². The van der Waals surface area contributed by atoms with Crippen LogP contribution in [0.1, 0.15) is 20.3 Å². The van der Waals surface area contributed by atoms with Crippen LogP contribution >= 0.6 is 0 Å². The van der Waals surface area contributed by atoms with Gasteiger partial charge >= 0.3 is 5.97 Å². The molecule has 1 fully saturated rings. The van der Waals surface area contributed by atoms with E-state index < -0.39 is 0 Å². The van der Waals surface area contributed by atoms with Gasteiger partial charge in [0.25, 0.3) is 0 Å². The molecule has 82 valence electrons. The smallest absolute Gasteiger partial charge is 0.309 e. The second kappa shape index (κ2) is 4.78. The number of rotatable bonds is 3. The molecule has 3 nitrogen and oxygen atoms in total. The third-order valence-electron chi connectivity index (χ3n) is 3.13. The molecular formula is C11H21NO2. The summed E-state index contributed by atoms with van der Waals surface area (Å²) >= 11 is 0. The molecule has 1 saturated heterocycles. The molecule has 2 atom stereocenters. The number of methoxy groups -OCH3 is 1. The Bertz CT molecular complexity index is 203. The molecule has 1 heterocycles. The summed E-state index contributed by atoms with van der Waals surface area (Å²) in [5.41, 5.74) is 0. The van der Waals surface area contributed by atoms with Gasteiger partial charge in [0.1, 0.15) is 0 Å². The number of carbonyl (C=O) groups is 1. The van der Waals surface area contributed by atoms with Gasteiger partial charge in [0.2, 0.25) is 0 Å². The van der Waals surface area contributed by atoms with Gasteiger partial charge in [-0.15, -0.1) is 0 Å². The number of carbonyl (C=O) groups excluding carboxylic acids is 1. The molecule has 0 aliphatic carbocycles. The molecule has 1 rings (SSSR count). The molecule has 0 amide bonds. The Balaban J connectivity index is 2.63. The first-order chi connectivity index (χ1) is 6.56. The number of likely N-dealkylation sites (tertiary alicyclic amines) is 1. The normalized spacial score (nSPS) is 25.4. The molecule has 0 aromatic rings. The van der Waals surface area contributed by atoms with E-state index in [-0.39, 0.29) is 11.9 Å². The summed E-state index contributed by atoms with van der Waals surface area (Å²) in [4.78, 5) is 13.9. The average molecular weight is 199 g/mol. The standard InChI is InChI=1S/C11H21NO2/c1-8(2)10(11(13)14-4)9-5-6-12(3)7-9/h8-10H,5-7H2,1-4H3. The summed E-state index contributed by atoms with van der Waals surface area (Å²) in [7, 11) is 3.59. The van der Waals surface area contributed by atoms with Crippen molar-refractivity contribution in [2.75, 3.05) is 27.2 Å². The number of esters is 1. The average Bonchev–Trinajstić information content (AvgIpc) is 2.51. The van der Waals surface area contributed by atoms with Crippen molar-refractivity contribution in [3.63, 3.8) is 0 Å². The van der Waals surface area contributed by atoms with Gasteiger partial charge in [-0.2, -0.15) is 0 Å². The van der Waals surface area contributed by atoms with Gasteiger partial charge in [-0.3, -0.25) is 4.79 Å². The Labute approximate surface area is 86.4 Å². The zero-order valence-electron chi connectivity index (χ0n) is 9.62. The Kier molecular flexibility index (Phi) is 3.93. The van der Waals surface area contributed by atoms with Gasteiger partial charge in [0.15, 0.2) is 0 Å². The van der Waals surface area contributed by atoms with E-state index in [0.717, 1.165) is 19.5 Å². The van der Waals surface area contributed by atoms with Gasteiger partial charge in [-0.1, -0.05) is 13.8 Å². The van der Waals surface area contributed by atoms with Crippen molar-refractivity contribution >= 4 is 5.97 Å². The minimum absolute atomic E-state index is 0.0414. The van der Waals surface area contributed by atoms with Crippen LogP contribution in [0.2, 0.25) is 0 Å². The molecule has 0 spiro atoms. The summed E-state index contributed by atoms with van der Waals surface area (Å²) in [5.74, 6) is 0.886. The quantitative estimate of drug-likeness (QED) is 0.643. The van der Waals surface area contributed by atoms with E-state index in [1.165, 1.54) is 7.11 Å². The third kappa shape index (κ3) is 2.47. The minimum Gasteiger partial charge on any atom is -0.469 e. The minimum atomic E-state index is -0.0414. The fourth-order valence-electron chi connectivity index (χ4n) is 2.41. The van der Waals surface area contributed by atoms with E-state index in [2.05, 4.69) is 25.8 Å². The first-order valence-electron chi connectivity index (χ1n) is 5.32. The molecule has 0 saturated carbocycles. The highest BCUT2D eigenvalue weighted by Crippen LogP contribution is 2.29. The zero-order valence-corrected chi connectivity index (χ0v) is 9.62. The van der Waals surface area contributed by atoms with E-state index in [4.69, 9.17) is 4.74 Å². The Hall–Kier alpha value is -0.570. The van der Waals surface area contributed by atoms with Gasteiger partial charge in [-0.25, -0.2) is 0 Å². The lowest BCUT2D eigenvalue weighted by Gasteiger charge is -2.24. The van der Waals surface area contributed by atoms with Crippen LogP contribution in [0.4, 0.5) is 0 Å². The summed E-state index contributed by atoms with van der Waals surface area (Å²) in [5, 5.41) is 0. The van der Waals surface area contributed by atoms with Crippen molar-refractivity contribution in [1.29, 1.82) is 0 Å². The maximum absolute atomic E-state index is 11.6. The fraction of sp³-hybridized carbons (Fsp3) is 0.909. The second-order valence-electron chi connectivity index (χ2n) is 4.60. The monoisotopic (exact) mass is 199 g/mol. The van der Waals surface area contributed by atoms with E-state index in [1.807, 2.05) is 0 Å².